The standard InChI is InChI=1S/C9H14N2OS/c12-9(8-3-5-13-11-8)7-2-1-4-10-6-7/h3,5,7,9-10,12H,1-2,4,6H2. The summed E-state index contributed by atoms with van der Waals surface area (Å²) in [5, 5.41) is 15.1. The van der Waals surface area contributed by atoms with E-state index >= 15 is 0 Å². The minimum Gasteiger partial charge on any atom is -0.386 e. The van der Waals surface area contributed by atoms with E-state index in [0.717, 1.165) is 31.6 Å². The van der Waals surface area contributed by atoms with Gasteiger partial charge < -0.3 is 10.4 Å². The van der Waals surface area contributed by atoms with E-state index in [9.17, 15) is 5.11 Å². The first-order chi connectivity index (χ1) is 6.38. The third-order valence-electron chi connectivity index (χ3n) is 2.54. The van der Waals surface area contributed by atoms with E-state index in [0.29, 0.717) is 5.92 Å². The summed E-state index contributed by atoms with van der Waals surface area (Å²) in [6.07, 6.45) is 1.89. The third-order valence-corrected chi connectivity index (χ3v) is 3.12. The van der Waals surface area contributed by atoms with Gasteiger partial charge in [0.1, 0.15) is 6.10 Å². The van der Waals surface area contributed by atoms with E-state index in [-0.39, 0.29) is 6.10 Å². The Labute approximate surface area is 82.0 Å². The lowest BCUT2D eigenvalue weighted by molar-refractivity contribution is 0.0892. The summed E-state index contributed by atoms with van der Waals surface area (Å²) in [7, 11) is 0. The molecule has 0 radical (unpaired) electrons. The number of aliphatic hydroxyl groups excluding tert-OH is 1. The van der Waals surface area contributed by atoms with Gasteiger partial charge in [0.05, 0.1) is 5.69 Å². The van der Waals surface area contributed by atoms with Gasteiger partial charge in [-0.2, -0.15) is 4.37 Å². The molecule has 1 saturated heterocycles. The van der Waals surface area contributed by atoms with Crippen molar-refractivity contribution in [3.63, 3.8) is 0 Å². The number of nitrogens with zero attached hydrogens (tertiary/aromatic N) is 1. The van der Waals surface area contributed by atoms with Gasteiger partial charge in [-0.15, -0.1) is 0 Å². The fourth-order valence-electron chi connectivity index (χ4n) is 1.76. The fourth-order valence-corrected chi connectivity index (χ4v) is 2.32. The fraction of sp³-hybridized carbons (Fsp3) is 0.667. The zero-order valence-electron chi connectivity index (χ0n) is 7.44. The summed E-state index contributed by atoms with van der Waals surface area (Å²) in [6.45, 7) is 2.00. The van der Waals surface area contributed by atoms with Crippen LogP contribution in [0.2, 0.25) is 0 Å². The maximum Gasteiger partial charge on any atom is 0.101 e. The lowest BCUT2D eigenvalue weighted by Crippen LogP contribution is -2.33. The molecule has 0 aliphatic carbocycles. The summed E-state index contributed by atoms with van der Waals surface area (Å²) in [5.74, 6) is 0.343. The Hall–Kier alpha value is -0.450. The first kappa shape index (κ1) is 9.12. The summed E-state index contributed by atoms with van der Waals surface area (Å²) in [5.41, 5.74) is 0.832. The molecule has 2 unspecified atom stereocenters. The van der Waals surface area contributed by atoms with Crippen LogP contribution in [0.5, 0.6) is 0 Å². The van der Waals surface area contributed by atoms with E-state index in [4.69, 9.17) is 0 Å². The van der Waals surface area contributed by atoms with Gasteiger partial charge in [0.25, 0.3) is 0 Å². The normalized spacial score (nSPS) is 25.8. The number of nitrogens with one attached hydrogen (secondary N) is 1. The lowest BCUT2D eigenvalue weighted by Gasteiger charge is -2.26. The molecule has 0 saturated carbocycles. The van der Waals surface area contributed by atoms with Crippen LogP contribution in [-0.2, 0) is 0 Å². The monoisotopic (exact) mass is 198 g/mol. The van der Waals surface area contributed by atoms with Crippen LogP contribution in [0.1, 0.15) is 24.6 Å². The summed E-state index contributed by atoms with van der Waals surface area (Å²) >= 11 is 1.40. The van der Waals surface area contributed by atoms with Crippen molar-refractivity contribution in [2.24, 2.45) is 5.92 Å². The SMILES string of the molecule is OC(c1ccsn1)C1CCCNC1. The first-order valence-electron chi connectivity index (χ1n) is 4.67. The van der Waals surface area contributed by atoms with Gasteiger partial charge in [-0.05, 0) is 37.0 Å². The van der Waals surface area contributed by atoms with E-state index in [1.54, 1.807) is 0 Å². The van der Waals surface area contributed by atoms with Gasteiger partial charge in [-0.1, -0.05) is 0 Å². The summed E-state index contributed by atoms with van der Waals surface area (Å²) < 4.78 is 4.16. The molecule has 1 aliphatic rings. The van der Waals surface area contributed by atoms with Gasteiger partial charge in [0.15, 0.2) is 0 Å². The Balaban J connectivity index is 1.99. The number of hydrogen-bond acceptors (Lipinski definition) is 4. The highest BCUT2D eigenvalue weighted by molar-refractivity contribution is 7.03. The van der Waals surface area contributed by atoms with Gasteiger partial charge in [0.2, 0.25) is 0 Å². The Morgan fingerprint density at radius 1 is 1.69 bits per heavy atom. The van der Waals surface area contributed by atoms with Crippen LogP contribution < -0.4 is 5.32 Å². The van der Waals surface area contributed by atoms with Crippen molar-refractivity contribution in [3.8, 4) is 0 Å². The van der Waals surface area contributed by atoms with Crippen LogP contribution in [0.3, 0.4) is 0 Å². The molecule has 0 bridgehead atoms. The number of aromatic nitrogens is 1. The quantitative estimate of drug-likeness (QED) is 0.750. The molecular weight excluding hydrogens is 184 g/mol. The van der Waals surface area contributed by atoms with Crippen molar-refractivity contribution >= 4 is 11.5 Å². The van der Waals surface area contributed by atoms with Crippen LogP contribution in [0, 0.1) is 5.92 Å². The molecule has 72 valence electrons. The zero-order chi connectivity index (χ0) is 9.10. The maximum absolute atomic E-state index is 9.94. The van der Waals surface area contributed by atoms with Crippen molar-refractivity contribution in [1.82, 2.24) is 9.69 Å². The molecule has 1 aromatic rings. The topological polar surface area (TPSA) is 45.2 Å². The Kier molecular flexibility index (Phi) is 2.93. The van der Waals surface area contributed by atoms with Crippen molar-refractivity contribution in [2.45, 2.75) is 18.9 Å². The second-order valence-electron chi connectivity index (χ2n) is 3.48. The zero-order valence-corrected chi connectivity index (χ0v) is 8.26. The molecule has 3 nitrogen and oxygen atoms in total. The van der Waals surface area contributed by atoms with Crippen LogP contribution in [0.15, 0.2) is 11.4 Å². The van der Waals surface area contributed by atoms with Crippen molar-refractivity contribution in [2.75, 3.05) is 13.1 Å². The molecular formula is C9H14N2OS. The second-order valence-corrected chi connectivity index (χ2v) is 4.14. The van der Waals surface area contributed by atoms with Crippen LogP contribution in [0.25, 0.3) is 0 Å². The first-order valence-corrected chi connectivity index (χ1v) is 5.50. The highest BCUT2D eigenvalue weighted by Crippen LogP contribution is 2.26. The highest BCUT2D eigenvalue weighted by atomic mass is 32.1. The molecule has 0 amide bonds. The second kappa shape index (κ2) is 4.17. The molecule has 2 heterocycles. The minimum atomic E-state index is -0.376. The van der Waals surface area contributed by atoms with E-state index in [2.05, 4.69) is 9.69 Å². The molecule has 0 aromatic carbocycles. The molecule has 1 fully saturated rings. The number of piperidine rings is 1. The van der Waals surface area contributed by atoms with Crippen LogP contribution in [0.4, 0.5) is 0 Å². The molecule has 2 N–H and O–H groups in total. The number of aliphatic hydroxyl groups is 1. The molecule has 2 atom stereocenters. The highest BCUT2D eigenvalue weighted by Gasteiger charge is 2.23. The van der Waals surface area contributed by atoms with Crippen LogP contribution in [-0.4, -0.2) is 22.6 Å². The van der Waals surface area contributed by atoms with Gasteiger partial charge in [0, 0.05) is 17.8 Å². The van der Waals surface area contributed by atoms with Crippen molar-refractivity contribution in [1.29, 1.82) is 0 Å². The molecule has 2 rings (SSSR count). The van der Waals surface area contributed by atoms with Gasteiger partial charge >= 0.3 is 0 Å². The largest absolute Gasteiger partial charge is 0.386 e. The third kappa shape index (κ3) is 2.07. The smallest absolute Gasteiger partial charge is 0.101 e. The van der Waals surface area contributed by atoms with E-state index in [1.807, 2.05) is 11.4 Å². The minimum absolute atomic E-state index is 0.343. The Bertz CT molecular complexity index is 244. The average Bonchev–Trinajstić information content (AvgIpc) is 2.71. The van der Waals surface area contributed by atoms with Crippen molar-refractivity contribution in [3.05, 3.63) is 17.1 Å². The Morgan fingerprint density at radius 2 is 2.62 bits per heavy atom. The average molecular weight is 198 g/mol. The number of rotatable bonds is 2. The Morgan fingerprint density at radius 3 is 3.23 bits per heavy atom. The van der Waals surface area contributed by atoms with Gasteiger partial charge in [-0.25, -0.2) is 0 Å². The molecule has 13 heavy (non-hydrogen) atoms. The maximum atomic E-state index is 9.94. The molecule has 1 aliphatic heterocycles. The summed E-state index contributed by atoms with van der Waals surface area (Å²) in [4.78, 5) is 0. The molecule has 4 heteroatoms. The van der Waals surface area contributed by atoms with Crippen molar-refractivity contribution < 1.29 is 5.11 Å². The lowest BCUT2D eigenvalue weighted by atomic mass is 9.92. The van der Waals surface area contributed by atoms with Crippen LogP contribution >= 0.6 is 11.5 Å². The molecule has 1 aromatic heterocycles. The van der Waals surface area contributed by atoms with E-state index < -0.39 is 0 Å². The predicted octanol–water partition coefficient (Wildman–Crippen LogP) is 1.18. The summed E-state index contributed by atoms with van der Waals surface area (Å²) in [6, 6.07) is 1.91. The number of hydrogen-bond donors (Lipinski definition) is 2. The van der Waals surface area contributed by atoms with E-state index in [1.165, 1.54) is 11.5 Å². The predicted molar refractivity (Wildman–Crippen MR) is 52.7 cm³/mol. The van der Waals surface area contributed by atoms with Gasteiger partial charge in [-0.3, -0.25) is 0 Å². The molecule has 0 spiro atoms.